The fraction of sp³-hybridized carbons (Fsp3) is 0.0714. The van der Waals surface area contributed by atoms with Crippen LogP contribution < -0.4 is 11.1 Å². The van der Waals surface area contributed by atoms with E-state index in [-0.39, 0.29) is 17.6 Å². The number of anilines is 1. The third kappa shape index (κ3) is 3.46. The number of carbonyl (C=O) groups is 2. The Kier molecular flexibility index (Phi) is 4.41. The number of fused-ring (bicyclic) bond motifs is 1. The Hall–Kier alpha value is -1.90. The third-order valence-corrected chi connectivity index (χ3v) is 5.76. The number of amides is 2. The molecule has 0 spiro atoms. The number of rotatable bonds is 5. The molecule has 112 valence electrons. The van der Waals surface area contributed by atoms with E-state index in [4.69, 9.17) is 5.73 Å². The summed E-state index contributed by atoms with van der Waals surface area (Å²) in [4.78, 5) is 27.9. The molecule has 0 unspecified atom stereocenters. The molecular weight excluding hydrogens is 338 g/mol. The summed E-state index contributed by atoms with van der Waals surface area (Å²) in [6.45, 7) is 0. The van der Waals surface area contributed by atoms with Crippen LogP contribution in [0.3, 0.4) is 0 Å². The van der Waals surface area contributed by atoms with Crippen LogP contribution >= 0.6 is 34.4 Å². The molecule has 0 saturated heterocycles. The standard InChI is InChI=1S/C14H11N3O2S3/c15-12(18)7-21-14-17-9-4-3-8(6-11(9)22-14)16-13(19)10-2-1-5-20-10/h1-6H,7H2,(H2,15,18)(H,16,19). The van der Waals surface area contributed by atoms with Crippen LogP contribution in [0.5, 0.6) is 0 Å². The smallest absolute Gasteiger partial charge is 0.265 e. The van der Waals surface area contributed by atoms with E-state index in [0.29, 0.717) is 4.88 Å². The number of nitrogens with two attached hydrogens (primary N) is 1. The molecule has 8 heteroatoms. The van der Waals surface area contributed by atoms with Gasteiger partial charge in [-0.25, -0.2) is 4.98 Å². The second-order valence-corrected chi connectivity index (χ2v) is 7.55. The van der Waals surface area contributed by atoms with Crippen LogP contribution in [0.15, 0.2) is 40.1 Å². The van der Waals surface area contributed by atoms with Crippen LogP contribution in [-0.4, -0.2) is 22.6 Å². The van der Waals surface area contributed by atoms with E-state index in [1.165, 1.54) is 34.4 Å². The van der Waals surface area contributed by atoms with Crippen LogP contribution in [0.1, 0.15) is 9.67 Å². The van der Waals surface area contributed by atoms with Crippen molar-refractivity contribution in [1.82, 2.24) is 4.98 Å². The third-order valence-electron chi connectivity index (χ3n) is 2.71. The molecule has 2 aromatic heterocycles. The summed E-state index contributed by atoms with van der Waals surface area (Å²) in [5, 5.41) is 4.73. The number of aromatic nitrogens is 1. The van der Waals surface area contributed by atoms with Gasteiger partial charge in [0.1, 0.15) is 0 Å². The first-order chi connectivity index (χ1) is 10.6. The molecule has 3 aromatic rings. The Morgan fingerprint density at radius 1 is 1.32 bits per heavy atom. The topological polar surface area (TPSA) is 85.1 Å². The minimum absolute atomic E-state index is 0.123. The van der Waals surface area contributed by atoms with Gasteiger partial charge in [0.05, 0.1) is 20.8 Å². The van der Waals surface area contributed by atoms with Gasteiger partial charge in [-0.2, -0.15) is 0 Å². The normalized spacial score (nSPS) is 10.7. The Labute approximate surface area is 138 Å². The van der Waals surface area contributed by atoms with Gasteiger partial charge >= 0.3 is 0 Å². The van der Waals surface area contributed by atoms with Gasteiger partial charge in [-0.15, -0.1) is 22.7 Å². The molecule has 3 N–H and O–H groups in total. The first-order valence-electron chi connectivity index (χ1n) is 6.28. The van der Waals surface area contributed by atoms with Gasteiger partial charge in [0.15, 0.2) is 4.34 Å². The molecule has 2 heterocycles. The predicted octanol–water partition coefficient (Wildman–Crippen LogP) is 3.19. The second-order valence-electron chi connectivity index (χ2n) is 4.35. The highest BCUT2D eigenvalue weighted by Crippen LogP contribution is 2.31. The van der Waals surface area contributed by atoms with E-state index in [2.05, 4.69) is 10.3 Å². The Balaban J connectivity index is 1.77. The fourth-order valence-electron chi connectivity index (χ4n) is 1.78. The molecule has 5 nitrogen and oxygen atoms in total. The van der Waals surface area contributed by atoms with Crippen LogP contribution in [0.4, 0.5) is 5.69 Å². The van der Waals surface area contributed by atoms with Crippen LogP contribution in [0.2, 0.25) is 0 Å². The van der Waals surface area contributed by atoms with Crippen molar-refractivity contribution in [1.29, 1.82) is 0 Å². The van der Waals surface area contributed by atoms with Crippen LogP contribution in [-0.2, 0) is 4.79 Å². The quantitative estimate of drug-likeness (QED) is 0.693. The lowest BCUT2D eigenvalue weighted by Gasteiger charge is -2.02. The largest absolute Gasteiger partial charge is 0.369 e. The number of hydrogen-bond acceptors (Lipinski definition) is 6. The van der Waals surface area contributed by atoms with Gasteiger partial charge in [-0.3, -0.25) is 9.59 Å². The van der Waals surface area contributed by atoms with Gasteiger partial charge in [0.25, 0.3) is 5.91 Å². The van der Waals surface area contributed by atoms with Gasteiger partial charge in [0, 0.05) is 5.69 Å². The SMILES string of the molecule is NC(=O)CSc1nc2ccc(NC(=O)c3cccs3)cc2s1. The highest BCUT2D eigenvalue weighted by atomic mass is 32.2. The van der Waals surface area contributed by atoms with Crippen molar-refractivity contribution in [2.75, 3.05) is 11.1 Å². The number of primary amides is 1. The van der Waals surface area contributed by atoms with E-state index >= 15 is 0 Å². The summed E-state index contributed by atoms with van der Waals surface area (Å²) in [6, 6.07) is 9.17. The maximum absolute atomic E-state index is 12.0. The van der Waals surface area contributed by atoms with E-state index in [9.17, 15) is 9.59 Å². The molecule has 0 radical (unpaired) electrons. The molecular formula is C14H11N3O2S3. The lowest BCUT2D eigenvalue weighted by atomic mass is 10.3. The first-order valence-corrected chi connectivity index (χ1v) is 8.96. The summed E-state index contributed by atoms with van der Waals surface area (Å²) in [5.41, 5.74) is 6.69. The van der Waals surface area contributed by atoms with Crippen LogP contribution in [0.25, 0.3) is 10.2 Å². The van der Waals surface area contributed by atoms with Gasteiger partial charge < -0.3 is 11.1 Å². The van der Waals surface area contributed by atoms with Gasteiger partial charge in [-0.05, 0) is 29.6 Å². The summed E-state index contributed by atoms with van der Waals surface area (Å²) < 4.78 is 1.74. The van der Waals surface area contributed by atoms with Crippen molar-refractivity contribution in [3.05, 3.63) is 40.6 Å². The van der Waals surface area contributed by atoms with E-state index in [1.807, 2.05) is 29.6 Å². The Bertz CT molecular complexity index is 827. The average molecular weight is 349 g/mol. The minimum atomic E-state index is -0.367. The molecule has 0 saturated carbocycles. The fourth-order valence-corrected chi connectivity index (χ4v) is 4.24. The molecule has 0 aliphatic heterocycles. The molecule has 3 rings (SSSR count). The van der Waals surface area contributed by atoms with Crippen molar-refractivity contribution in [3.63, 3.8) is 0 Å². The number of nitrogens with zero attached hydrogens (tertiary/aromatic N) is 1. The molecule has 0 fully saturated rings. The zero-order valence-corrected chi connectivity index (χ0v) is 13.7. The maximum atomic E-state index is 12.0. The summed E-state index contributed by atoms with van der Waals surface area (Å²) in [6.07, 6.45) is 0. The lowest BCUT2D eigenvalue weighted by Crippen LogP contribution is -2.12. The molecule has 0 atom stereocenters. The number of benzene rings is 1. The number of thiophene rings is 1. The average Bonchev–Trinajstić information content (AvgIpc) is 3.13. The van der Waals surface area contributed by atoms with Crippen molar-refractivity contribution in [3.8, 4) is 0 Å². The maximum Gasteiger partial charge on any atom is 0.265 e. The zero-order valence-electron chi connectivity index (χ0n) is 11.2. The molecule has 0 aliphatic carbocycles. The van der Waals surface area contributed by atoms with Crippen molar-refractivity contribution in [2.24, 2.45) is 5.73 Å². The molecule has 22 heavy (non-hydrogen) atoms. The summed E-state index contributed by atoms with van der Waals surface area (Å²) in [7, 11) is 0. The Morgan fingerprint density at radius 2 is 2.18 bits per heavy atom. The van der Waals surface area contributed by atoms with Gasteiger partial charge in [0.2, 0.25) is 5.91 Å². The van der Waals surface area contributed by atoms with E-state index < -0.39 is 0 Å². The van der Waals surface area contributed by atoms with E-state index in [1.54, 1.807) is 6.07 Å². The highest BCUT2D eigenvalue weighted by molar-refractivity contribution is 8.01. The molecule has 0 bridgehead atoms. The minimum Gasteiger partial charge on any atom is -0.369 e. The van der Waals surface area contributed by atoms with Crippen molar-refractivity contribution >= 4 is 62.2 Å². The monoisotopic (exact) mass is 349 g/mol. The number of nitrogens with one attached hydrogen (secondary N) is 1. The number of thiazole rings is 1. The summed E-state index contributed by atoms with van der Waals surface area (Å²) >= 11 is 4.19. The van der Waals surface area contributed by atoms with Gasteiger partial charge in [-0.1, -0.05) is 17.8 Å². The zero-order chi connectivity index (χ0) is 15.5. The second kappa shape index (κ2) is 6.47. The summed E-state index contributed by atoms with van der Waals surface area (Å²) in [5.74, 6) is -0.280. The number of carbonyl (C=O) groups excluding carboxylic acids is 2. The Morgan fingerprint density at radius 3 is 2.91 bits per heavy atom. The van der Waals surface area contributed by atoms with Crippen molar-refractivity contribution < 1.29 is 9.59 Å². The first kappa shape index (κ1) is 15.0. The molecule has 1 aromatic carbocycles. The molecule has 2 amide bonds. The highest BCUT2D eigenvalue weighted by Gasteiger charge is 2.10. The number of thioether (sulfide) groups is 1. The number of hydrogen-bond donors (Lipinski definition) is 2. The van der Waals surface area contributed by atoms with E-state index in [0.717, 1.165) is 20.2 Å². The van der Waals surface area contributed by atoms with Crippen LogP contribution in [0, 0.1) is 0 Å². The predicted molar refractivity (Wildman–Crippen MR) is 91.8 cm³/mol. The van der Waals surface area contributed by atoms with Crippen molar-refractivity contribution in [2.45, 2.75) is 4.34 Å². The lowest BCUT2D eigenvalue weighted by molar-refractivity contribution is -0.115. The molecule has 0 aliphatic rings.